The Morgan fingerprint density at radius 3 is 2.55 bits per heavy atom. The van der Waals surface area contributed by atoms with Gasteiger partial charge in [-0.25, -0.2) is 0 Å². The fourth-order valence-electron chi connectivity index (χ4n) is 4.09. The van der Waals surface area contributed by atoms with Crippen LogP contribution in [0.25, 0.3) is 17.1 Å². The van der Waals surface area contributed by atoms with Crippen molar-refractivity contribution >= 4 is 28.6 Å². The topological polar surface area (TPSA) is 101 Å². The maximum atomic E-state index is 13.4. The maximum Gasteiger partial charge on any atom is 0.325 e. The molecule has 1 saturated heterocycles. The van der Waals surface area contributed by atoms with Crippen LogP contribution in [0, 0.1) is 0 Å². The van der Waals surface area contributed by atoms with Crippen LogP contribution in [0.4, 0.5) is 5.69 Å². The first-order chi connectivity index (χ1) is 15.1. The number of aromatic amines is 1. The Balaban J connectivity index is 1.60. The Labute approximate surface area is 177 Å². The molecular formula is C23H20N4O4. The zero-order chi connectivity index (χ0) is 21.5. The molecule has 8 heteroatoms. The number of oxazole rings is 1. The molecule has 2 aromatic carbocycles. The Morgan fingerprint density at radius 1 is 1.06 bits per heavy atom. The van der Waals surface area contributed by atoms with Crippen molar-refractivity contribution in [2.45, 2.75) is 32.1 Å². The van der Waals surface area contributed by atoms with Crippen molar-refractivity contribution in [3.05, 3.63) is 76.2 Å². The second-order valence-electron chi connectivity index (χ2n) is 7.52. The first-order valence-corrected chi connectivity index (χ1v) is 10.2. The molecule has 0 unspecified atom stereocenters. The van der Waals surface area contributed by atoms with E-state index in [1.807, 2.05) is 25.1 Å². The zero-order valence-corrected chi connectivity index (χ0v) is 16.9. The number of aromatic nitrogens is 3. The van der Waals surface area contributed by atoms with Crippen LogP contribution in [0.2, 0.25) is 0 Å². The molecule has 8 nitrogen and oxygen atoms in total. The monoisotopic (exact) mass is 416 g/mol. The largest absolute Gasteiger partial charge is 0.422 e. The number of hydrogen-bond donors (Lipinski definition) is 1. The minimum atomic E-state index is -0.844. The SMILES string of the molecule is CCCc1[nH]n(-c2nc3ccccc3o2)c(=O)c1[C@H]1CC(=O)N(c2ccccc2)C1=O. The maximum absolute atomic E-state index is 13.4. The van der Waals surface area contributed by atoms with Crippen molar-refractivity contribution < 1.29 is 14.0 Å². The first kappa shape index (κ1) is 19.0. The van der Waals surface area contributed by atoms with Gasteiger partial charge in [-0.1, -0.05) is 43.7 Å². The summed E-state index contributed by atoms with van der Waals surface area (Å²) >= 11 is 0. The van der Waals surface area contributed by atoms with Crippen LogP contribution in [0.5, 0.6) is 0 Å². The van der Waals surface area contributed by atoms with E-state index in [-0.39, 0.29) is 18.3 Å². The molecule has 1 aliphatic heterocycles. The fraction of sp³-hybridized carbons (Fsp3) is 0.217. The quantitative estimate of drug-likeness (QED) is 0.503. The van der Waals surface area contributed by atoms with Crippen molar-refractivity contribution in [1.29, 1.82) is 0 Å². The van der Waals surface area contributed by atoms with Crippen LogP contribution in [-0.2, 0) is 16.0 Å². The van der Waals surface area contributed by atoms with Gasteiger partial charge in [0.2, 0.25) is 11.8 Å². The minimum Gasteiger partial charge on any atom is -0.422 e. The van der Waals surface area contributed by atoms with Crippen LogP contribution < -0.4 is 10.5 Å². The standard InChI is InChI=1S/C23H20N4O4/c1-2-8-17-20(15-13-19(28)26(21(15)29)14-9-4-3-5-10-14)22(30)27(25-17)23-24-16-11-6-7-12-18(16)31-23/h3-7,9-12,15,25H,2,8,13H2,1H3/t15-/m1/s1. The Bertz CT molecular complexity index is 1320. The summed E-state index contributed by atoms with van der Waals surface area (Å²) in [5, 5.41) is 3.06. The lowest BCUT2D eigenvalue weighted by Crippen LogP contribution is -2.31. The second kappa shape index (κ2) is 7.39. The molecule has 2 aromatic heterocycles. The van der Waals surface area contributed by atoms with Gasteiger partial charge in [0.15, 0.2) is 5.58 Å². The van der Waals surface area contributed by atoms with E-state index in [1.165, 1.54) is 4.68 Å². The van der Waals surface area contributed by atoms with Crippen LogP contribution in [0.15, 0.2) is 63.8 Å². The van der Waals surface area contributed by atoms with E-state index >= 15 is 0 Å². The van der Waals surface area contributed by atoms with Crippen LogP contribution in [0.3, 0.4) is 0 Å². The van der Waals surface area contributed by atoms with Gasteiger partial charge in [-0.3, -0.25) is 24.4 Å². The molecule has 0 radical (unpaired) electrons. The number of aryl methyl sites for hydroxylation is 1. The molecule has 1 N–H and O–H groups in total. The number of imide groups is 1. The molecule has 0 spiro atoms. The highest BCUT2D eigenvalue weighted by Gasteiger charge is 2.43. The van der Waals surface area contributed by atoms with E-state index in [4.69, 9.17) is 4.42 Å². The lowest BCUT2D eigenvalue weighted by molar-refractivity contribution is -0.121. The smallest absolute Gasteiger partial charge is 0.325 e. The molecule has 1 fully saturated rings. The third kappa shape index (κ3) is 3.07. The normalized spacial score (nSPS) is 16.5. The van der Waals surface area contributed by atoms with Gasteiger partial charge < -0.3 is 4.42 Å². The average molecular weight is 416 g/mol. The number of H-pyrrole nitrogens is 1. The number of anilines is 1. The number of amides is 2. The van der Waals surface area contributed by atoms with E-state index in [0.29, 0.717) is 34.5 Å². The third-order valence-electron chi connectivity index (χ3n) is 5.49. The summed E-state index contributed by atoms with van der Waals surface area (Å²) in [5.74, 6) is -1.56. The lowest BCUT2D eigenvalue weighted by atomic mass is 9.96. The third-order valence-corrected chi connectivity index (χ3v) is 5.49. The number of para-hydroxylation sites is 3. The predicted molar refractivity (Wildman–Crippen MR) is 114 cm³/mol. The summed E-state index contributed by atoms with van der Waals surface area (Å²) in [4.78, 5) is 44.8. The molecule has 0 bridgehead atoms. The molecule has 4 aromatic rings. The molecule has 5 rings (SSSR count). The van der Waals surface area contributed by atoms with Crippen molar-refractivity contribution in [1.82, 2.24) is 14.8 Å². The Kier molecular flexibility index (Phi) is 4.54. The summed E-state index contributed by atoms with van der Waals surface area (Å²) in [6, 6.07) is 16.1. The van der Waals surface area contributed by atoms with Gasteiger partial charge in [0.1, 0.15) is 5.52 Å². The lowest BCUT2D eigenvalue weighted by Gasteiger charge is -2.14. The first-order valence-electron chi connectivity index (χ1n) is 10.2. The van der Waals surface area contributed by atoms with Gasteiger partial charge in [0, 0.05) is 12.1 Å². The van der Waals surface area contributed by atoms with Crippen LogP contribution >= 0.6 is 0 Å². The molecular weight excluding hydrogens is 396 g/mol. The molecule has 31 heavy (non-hydrogen) atoms. The number of rotatable bonds is 5. The summed E-state index contributed by atoms with van der Waals surface area (Å²) in [7, 11) is 0. The van der Waals surface area contributed by atoms with E-state index in [9.17, 15) is 14.4 Å². The van der Waals surface area contributed by atoms with Crippen LogP contribution in [-0.4, -0.2) is 26.6 Å². The summed E-state index contributed by atoms with van der Waals surface area (Å²) in [6.45, 7) is 1.98. The minimum absolute atomic E-state index is 0.0505. The number of carbonyl (C=O) groups is 2. The highest BCUT2D eigenvalue weighted by atomic mass is 16.4. The average Bonchev–Trinajstić information content (AvgIpc) is 3.42. The molecule has 2 amide bonds. The van der Waals surface area contributed by atoms with E-state index in [0.717, 1.165) is 11.3 Å². The van der Waals surface area contributed by atoms with Crippen molar-refractivity contribution in [2.75, 3.05) is 4.90 Å². The van der Waals surface area contributed by atoms with Gasteiger partial charge in [-0.15, -0.1) is 0 Å². The Morgan fingerprint density at radius 2 is 1.81 bits per heavy atom. The molecule has 1 atom stereocenters. The van der Waals surface area contributed by atoms with Crippen LogP contribution in [0.1, 0.15) is 36.9 Å². The van der Waals surface area contributed by atoms with E-state index in [2.05, 4.69) is 10.1 Å². The molecule has 3 heterocycles. The molecule has 0 aliphatic carbocycles. The van der Waals surface area contributed by atoms with Gasteiger partial charge in [0.25, 0.3) is 5.56 Å². The molecule has 0 saturated carbocycles. The molecule has 1 aliphatic rings. The van der Waals surface area contributed by atoms with Crippen molar-refractivity contribution in [2.24, 2.45) is 0 Å². The number of hydrogen-bond acceptors (Lipinski definition) is 5. The van der Waals surface area contributed by atoms with Crippen molar-refractivity contribution in [3.8, 4) is 6.01 Å². The number of nitrogens with one attached hydrogen (secondary N) is 1. The summed E-state index contributed by atoms with van der Waals surface area (Å²) < 4.78 is 6.97. The van der Waals surface area contributed by atoms with Gasteiger partial charge >= 0.3 is 6.01 Å². The van der Waals surface area contributed by atoms with Gasteiger partial charge in [0.05, 0.1) is 17.2 Å². The van der Waals surface area contributed by atoms with Gasteiger partial charge in [-0.05, 0) is 30.7 Å². The molecule has 156 valence electrons. The van der Waals surface area contributed by atoms with Crippen molar-refractivity contribution in [3.63, 3.8) is 0 Å². The number of benzene rings is 2. The number of nitrogens with zero attached hydrogens (tertiary/aromatic N) is 3. The number of carbonyl (C=O) groups excluding carboxylic acids is 2. The Hall–Kier alpha value is -3.94. The van der Waals surface area contributed by atoms with Gasteiger partial charge in [-0.2, -0.15) is 9.67 Å². The fourth-order valence-corrected chi connectivity index (χ4v) is 4.09. The van der Waals surface area contributed by atoms with E-state index < -0.39 is 17.4 Å². The summed E-state index contributed by atoms with van der Waals surface area (Å²) in [6.07, 6.45) is 1.27. The van der Waals surface area contributed by atoms with E-state index in [1.54, 1.807) is 36.4 Å². The second-order valence-corrected chi connectivity index (χ2v) is 7.52. The summed E-state index contributed by atoms with van der Waals surface area (Å²) in [5.41, 5.74) is 2.19. The highest BCUT2D eigenvalue weighted by molar-refractivity contribution is 6.22. The predicted octanol–water partition coefficient (Wildman–Crippen LogP) is 3.31. The highest BCUT2D eigenvalue weighted by Crippen LogP contribution is 2.33. The zero-order valence-electron chi connectivity index (χ0n) is 16.9. The number of fused-ring (bicyclic) bond motifs is 1.